The second-order valence-corrected chi connectivity index (χ2v) is 6.63. The van der Waals surface area contributed by atoms with Crippen LogP contribution in [0.3, 0.4) is 0 Å². The minimum atomic E-state index is -0.884. The summed E-state index contributed by atoms with van der Waals surface area (Å²) >= 11 is 0. The van der Waals surface area contributed by atoms with Crippen molar-refractivity contribution in [2.75, 3.05) is 7.11 Å². The van der Waals surface area contributed by atoms with Gasteiger partial charge in [-0.25, -0.2) is 22.5 Å². The highest BCUT2D eigenvalue weighted by Gasteiger charge is 2.23. The Hall–Kier alpha value is -3.35. The summed E-state index contributed by atoms with van der Waals surface area (Å²) < 4.78 is 64.5. The number of para-hydroxylation sites is 1. The number of halogens is 4. The van der Waals surface area contributed by atoms with E-state index in [0.29, 0.717) is 11.0 Å². The average Bonchev–Trinajstić information content (AvgIpc) is 3.03. The van der Waals surface area contributed by atoms with Crippen LogP contribution in [0.2, 0.25) is 0 Å². The Labute approximate surface area is 164 Å². The lowest BCUT2D eigenvalue weighted by Gasteiger charge is -2.13. The van der Waals surface area contributed by atoms with Gasteiger partial charge in [0.25, 0.3) is 0 Å². The molecule has 148 valence electrons. The Balaban J connectivity index is 2.01. The number of ether oxygens (including phenoxy) is 1. The zero-order valence-electron chi connectivity index (χ0n) is 15.6. The molecule has 1 aromatic heterocycles. The summed E-state index contributed by atoms with van der Waals surface area (Å²) in [6.07, 6.45) is 0. The molecule has 1 heterocycles. The number of benzene rings is 3. The largest absolute Gasteiger partial charge is 0.497 e. The lowest BCUT2D eigenvalue weighted by atomic mass is 10.1. The number of rotatable bonds is 4. The minimum absolute atomic E-state index is 0.0164. The maximum atomic E-state index is 14.8. The standard InChI is InChI=1S/C22H16F4N2O/c1-12-5-3-8-19-21(12)28(11-14-15(23)6-4-7-16(14)24)22(27-19)20-17(25)9-13(29-2)10-18(20)26/h3-10H,11H2,1-2H3. The van der Waals surface area contributed by atoms with Crippen LogP contribution in [-0.4, -0.2) is 16.7 Å². The molecule has 0 aliphatic carbocycles. The Bertz CT molecular complexity index is 1190. The predicted molar refractivity (Wildman–Crippen MR) is 102 cm³/mol. The normalized spacial score (nSPS) is 11.2. The van der Waals surface area contributed by atoms with Gasteiger partial charge < -0.3 is 9.30 Å². The monoisotopic (exact) mass is 400 g/mol. The summed E-state index contributed by atoms with van der Waals surface area (Å²) in [4.78, 5) is 4.37. The van der Waals surface area contributed by atoms with Crippen molar-refractivity contribution in [3.05, 3.63) is 82.9 Å². The topological polar surface area (TPSA) is 27.1 Å². The Kier molecular flexibility index (Phi) is 4.74. The third kappa shape index (κ3) is 3.22. The van der Waals surface area contributed by atoms with Gasteiger partial charge in [-0.15, -0.1) is 0 Å². The first-order valence-electron chi connectivity index (χ1n) is 8.83. The van der Waals surface area contributed by atoms with E-state index in [9.17, 15) is 17.6 Å². The lowest BCUT2D eigenvalue weighted by molar-refractivity contribution is 0.407. The van der Waals surface area contributed by atoms with E-state index in [2.05, 4.69) is 4.98 Å². The molecule has 0 aliphatic rings. The van der Waals surface area contributed by atoms with Gasteiger partial charge >= 0.3 is 0 Å². The van der Waals surface area contributed by atoms with Crippen LogP contribution in [-0.2, 0) is 6.54 Å². The molecule has 0 unspecified atom stereocenters. The van der Waals surface area contributed by atoms with Gasteiger partial charge in [-0.1, -0.05) is 18.2 Å². The van der Waals surface area contributed by atoms with Gasteiger partial charge in [0.15, 0.2) is 0 Å². The van der Waals surface area contributed by atoms with Gasteiger partial charge in [-0.05, 0) is 30.7 Å². The molecule has 29 heavy (non-hydrogen) atoms. The highest BCUT2D eigenvalue weighted by atomic mass is 19.1. The SMILES string of the molecule is COc1cc(F)c(-c2nc3cccc(C)c3n2Cc2c(F)cccc2F)c(F)c1. The molecule has 0 fully saturated rings. The maximum Gasteiger partial charge on any atom is 0.147 e. The Morgan fingerprint density at radius 3 is 2.14 bits per heavy atom. The molecular weight excluding hydrogens is 384 g/mol. The van der Waals surface area contributed by atoms with E-state index in [4.69, 9.17) is 4.74 Å². The molecule has 4 aromatic rings. The maximum absolute atomic E-state index is 14.8. The zero-order valence-corrected chi connectivity index (χ0v) is 15.6. The van der Waals surface area contributed by atoms with Gasteiger partial charge in [-0.3, -0.25) is 0 Å². The molecule has 0 N–H and O–H groups in total. The average molecular weight is 400 g/mol. The second kappa shape index (κ2) is 7.24. The van der Waals surface area contributed by atoms with Crippen molar-refractivity contribution < 1.29 is 22.3 Å². The van der Waals surface area contributed by atoms with E-state index in [1.165, 1.54) is 17.7 Å². The smallest absolute Gasteiger partial charge is 0.147 e. The molecule has 3 aromatic carbocycles. The molecule has 3 nitrogen and oxygen atoms in total. The Morgan fingerprint density at radius 1 is 0.897 bits per heavy atom. The van der Waals surface area contributed by atoms with Crippen LogP contribution >= 0.6 is 0 Å². The molecule has 0 atom stereocenters. The first-order valence-corrected chi connectivity index (χ1v) is 8.83. The highest BCUT2D eigenvalue weighted by Crippen LogP contribution is 2.33. The van der Waals surface area contributed by atoms with Crippen molar-refractivity contribution in [2.24, 2.45) is 0 Å². The van der Waals surface area contributed by atoms with Gasteiger partial charge in [0.1, 0.15) is 34.8 Å². The van der Waals surface area contributed by atoms with Crippen LogP contribution in [0.4, 0.5) is 17.6 Å². The van der Waals surface area contributed by atoms with Crippen molar-refractivity contribution in [3.8, 4) is 17.1 Å². The van der Waals surface area contributed by atoms with E-state index in [0.717, 1.165) is 29.8 Å². The Morgan fingerprint density at radius 2 is 1.52 bits per heavy atom. The van der Waals surface area contributed by atoms with E-state index in [1.54, 1.807) is 25.1 Å². The van der Waals surface area contributed by atoms with Crippen molar-refractivity contribution in [1.29, 1.82) is 0 Å². The summed E-state index contributed by atoms with van der Waals surface area (Å²) in [5.74, 6) is -3.31. The molecular formula is C22H16F4N2O. The van der Waals surface area contributed by atoms with E-state index in [-0.39, 0.29) is 23.7 Å². The molecule has 0 spiro atoms. The van der Waals surface area contributed by atoms with Gasteiger partial charge in [0.2, 0.25) is 0 Å². The predicted octanol–water partition coefficient (Wildman–Crippen LogP) is 5.63. The fourth-order valence-electron chi connectivity index (χ4n) is 3.43. The molecule has 7 heteroatoms. The van der Waals surface area contributed by atoms with Crippen LogP contribution in [0.15, 0.2) is 48.5 Å². The fraction of sp³-hybridized carbons (Fsp3) is 0.136. The van der Waals surface area contributed by atoms with Crippen molar-refractivity contribution >= 4 is 11.0 Å². The summed E-state index contributed by atoms with van der Waals surface area (Å²) in [7, 11) is 1.30. The highest BCUT2D eigenvalue weighted by molar-refractivity contribution is 5.84. The van der Waals surface area contributed by atoms with E-state index in [1.807, 2.05) is 0 Å². The van der Waals surface area contributed by atoms with Gasteiger partial charge in [0.05, 0.1) is 30.3 Å². The number of methoxy groups -OCH3 is 1. The molecule has 0 radical (unpaired) electrons. The van der Waals surface area contributed by atoms with E-state index < -0.39 is 28.8 Å². The lowest BCUT2D eigenvalue weighted by Crippen LogP contribution is -2.08. The summed E-state index contributed by atoms with van der Waals surface area (Å²) in [6.45, 7) is 1.52. The van der Waals surface area contributed by atoms with Crippen molar-refractivity contribution in [2.45, 2.75) is 13.5 Å². The second-order valence-electron chi connectivity index (χ2n) is 6.63. The number of hydrogen-bond donors (Lipinski definition) is 0. The molecule has 0 amide bonds. The van der Waals surface area contributed by atoms with Crippen molar-refractivity contribution in [3.63, 3.8) is 0 Å². The van der Waals surface area contributed by atoms with Crippen LogP contribution in [0, 0.1) is 30.2 Å². The zero-order chi connectivity index (χ0) is 20.7. The number of aryl methyl sites for hydroxylation is 1. The first kappa shape index (κ1) is 19.0. The van der Waals surface area contributed by atoms with Gasteiger partial charge in [0, 0.05) is 17.7 Å². The number of hydrogen-bond acceptors (Lipinski definition) is 2. The summed E-state index contributed by atoms with van der Waals surface area (Å²) in [5, 5.41) is 0. The molecule has 4 rings (SSSR count). The van der Waals surface area contributed by atoms with Crippen LogP contribution < -0.4 is 4.74 Å². The van der Waals surface area contributed by atoms with Crippen molar-refractivity contribution in [1.82, 2.24) is 9.55 Å². The van der Waals surface area contributed by atoms with Crippen LogP contribution in [0.5, 0.6) is 5.75 Å². The molecule has 0 saturated carbocycles. The number of imidazole rings is 1. The first-order chi connectivity index (χ1) is 13.9. The minimum Gasteiger partial charge on any atom is -0.497 e. The quantitative estimate of drug-likeness (QED) is 0.416. The molecule has 0 bridgehead atoms. The third-order valence-electron chi connectivity index (χ3n) is 4.82. The van der Waals surface area contributed by atoms with Crippen LogP contribution in [0.25, 0.3) is 22.4 Å². The van der Waals surface area contributed by atoms with E-state index >= 15 is 0 Å². The number of aromatic nitrogens is 2. The summed E-state index contributed by atoms with van der Waals surface area (Å²) in [6, 6.07) is 10.8. The van der Waals surface area contributed by atoms with Gasteiger partial charge in [-0.2, -0.15) is 0 Å². The fourth-order valence-corrected chi connectivity index (χ4v) is 3.43. The van der Waals surface area contributed by atoms with Crippen LogP contribution in [0.1, 0.15) is 11.1 Å². The number of nitrogens with zero attached hydrogens (tertiary/aromatic N) is 2. The third-order valence-corrected chi connectivity index (χ3v) is 4.82. The molecule has 0 aliphatic heterocycles. The number of fused-ring (bicyclic) bond motifs is 1. The summed E-state index contributed by atoms with van der Waals surface area (Å²) in [5.41, 5.74) is 1.15. The molecule has 0 saturated heterocycles.